The number of ether oxygens (including phenoxy) is 1. The molecule has 0 spiro atoms. The molecule has 1 rings (SSSR count). The first-order valence-corrected chi connectivity index (χ1v) is 5.37. The highest BCUT2D eigenvalue weighted by Gasteiger charge is 2.09. The van der Waals surface area contributed by atoms with Crippen molar-refractivity contribution >= 4 is 0 Å². The molecule has 0 radical (unpaired) electrons. The van der Waals surface area contributed by atoms with Crippen molar-refractivity contribution in [3.63, 3.8) is 0 Å². The predicted octanol–water partition coefficient (Wildman–Crippen LogP) is 1.24. The van der Waals surface area contributed by atoms with Crippen LogP contribution in [0.4, 0.5) is 0 Å². The molecule has 1 atom stereocenters. The van der Waals surface area contributed by atoms with Crippen LogP contribution in [0, 0.1) is 0 Å². The maximum Gasteiger partial charge on any atom is 0.0641 e. The normalized spacial score (nSPS) is 13.4. The van der Waals surface area contributed by atoms with Crippen LogP contribution in [0.1, 0.15) is 25.6 Å². The highest BCUT2D eigenvalue weighted by Crippen LogP contribution is 2.06. The molecule has 1 aromatic rings. The molecule has 0 bridgehead atoms. The number of rotatable bonds is 6. The fourth-order valence-corrected chi connectivity index (χ4v) is 1.47. The van der Waals surface area contributed by atoms with Gasteiger partial charge < -0.3 is 10.1 Å². The molecule has 15 heavy (non-hydrogen) atoms. The summed E-state index contributed by atoms with van der Waals surface area (Å²) in [6.07, 6.45) is 2.93. The van der Waals surface area contributed by atoms with Crippen LogP contribution in [0.2, 0.25) is 0 Å². The van der Waals surface area contributed by atoms with E-state index in [0.29, 0.717) is 18.7 Å². The SMILES string of the molecule is CNC(COC)Cc1ccn(C(C)C)n1. The molecule has 0 fully saturated rings. The van der Waals surface area contributed by atoms with Gasteiger partial charge in [-0.15, -0.1) is 0 Å². The molecule has 1 unspecified atom stereocenters. The molecule has 0 saturated carbocycles. The smallest absolute Gasteiger partial charge is 0.0641 e. The van der Waals surface area contributed by atoms with Crippen LogP contribution in [-0.4, -0.2) is 36.6 Å². The van der Waals surface area contributed by atoms with Crippen molar-refractivity contribution in [3.8, 4) is 0 Å². The average molecular weight is 211 g/mol. The number of nitrogens with one attached hydrogen (secondary N) is 1. The maximum absolute atomic E-state index is 5.12. The van der Waals surface area contributed by atoms with E-state index in [0.717, 1.165) is 12.1 Å². The van der Waals surface area contributed by atoms with E-state index >= 15 is 0 Å². The van der Waals surface area contributed by atoms with Crippen LogP contribution in [0.5, 0.6) is 0 Å². The Hall–Kier alpha value is -0.870. The fraction of sp³-hybridized carbons (Fsp3) is 0.727. The Balaban J connectivity index is 2.55. The standard InChI is InChI=1S/C11H21N3O/c1-9(2)14-6-5-10(13-14)7-11(12-3)8-15-4/h5-6,9,11-12H,7-8H2,1-4H3. The molecule has 0 aliphatic rings. The number of hydrogen-bond acceptors (Lipinski definition) is 3. The van der Waals surface area contributed by atoms with E-state index in [1.165, 1.54) is 0 Å². The van der Waals surface area contributed by atoms with Gasteiger partial charge in [-0.25, -0.2) is 0 Å². The molecular formula is C11H21N3O. The Morgan fingerprint density at radius 1 is 1.53 bits per heavy atom. The van der Waals surface area contributed by atoms with Gasteiger partial charge in [-0.3, -0.25) is 4.68 Å². The maximum atomic E-state index is 5.12. The Morgan fingerprint density at radius 2 is 2.27 bits per heavy atom. The van der Waals surface area contributed by atoms with Gasteiger partial charge >= 0.3 is 0 Å². The first-order valence-electron chi connectivity index (χ1n) is 5.37. The van der Waals surface area contributed by atoms with Gasteiger partial charge in [-0.2, -0.15) is 5.10 Å². The monoisotopic (exact) mass is 211 g/mol. The van der Waals surface area contributed by atoms with Crippen molar-refractivity contribution in [3.05, 3.63) is 18.0 Å². The number of hydrogen-bond donors (Lipinski definition) is 1. The van der Waals surface area contributed by atoms with Crippen LogP contribution in [0.3, 0.4) is 0 Å². The van der Waals surface area contributed by atoms with E-state index in [2.05, 4.69) is 30.3 Å². The molecule has 0 saturated heterocycles. The van der Waals surface area contributed by atoms with Crippen LogP contribution in [-0.2, 0) is 11.2 Å². The molecule has 0 amide bonds. The van der Waals surface area contributed by atoms with E-state index in [4.69, 9.17) is 4.74 Å². The fourth-order valence-electron chi connectivity index (χ4n) is 1.47. The minimum atomic E-state index is 0.338. The summed E-state index contributed by atoms with van der Waals surface area (Å²) in [7, 11) is 3.67. The van der Waals surface area contributed by atoms with Gasteiger partial charge in [0.05, 0.1) is 12.3 Å². The van der Waals surface area contributed by atoms with E-state index in [9.17, 15) is 0 Å². The highest BCUT2D eigenvalue weighted by molar-refractivity contribution is 5.02. The lowest BCUT2D eigenvalue weighted by atomic mass is 10.2. The molecule has 0 aromatic carbocycles. The quantitative estimate of drug-likeness (QED) is 0.769. The van der Waals surface area contributed by atoms with Crippen LogP contribution < -0.4 is 5.32 Å². The minimum absolute atomic E-state index is 0.338. The molecule has 1 heterocycles. The van der Waals surface area contributed by atoms with E-state index < -0.39 is 0 Å². The number of likely N-dealkylation sites (N-methyl/N-ethyl adjacent to an activating group) is 1. The summed E-state index contributed by atoms with van der Waals surface area (Å²) in [5, 5.41) is 7.72. The molecule has 4 heteroatoms. The largest absolute Gasteiger partial charge is 0.383 e. The van der Waals surface area contributed by atoms with Gasteiger partial charge in [-0.05, 0) is 27.0 Å². The van der Waals surface area contributed by atoms with Crippen molar-refractivity contribution in [2.75, 3.05) is 20.8 Å². The third kappa shape index (κ3) is 3.64. The summed E-state index contributed by atoms with van der Waals surface area (Å²) in [5.74, 6) is 0. The van der Waals surface area contributed by atoms with Crippen molar-refractivity contribution in [1.29, 1.82) is 0 Å². The molecule has 1 aromatic heterocycles. The van der Waals surface area contributed by atoms with Gasteiger partial charge in [0, 0.05) is 31.8 Å². The molecule has 0 aliphatic heterocycles. The second-order valence-corrected chi connectivity index (χ2v) is 4.03. The summed E-state index contributed by atoms with van der Waals surface area (Å²) in [6.45, 7) is 4.97. The first-order chi connectivity index (χ1) is 7.17. The zero-order valence-corrected chi connectivity index (χ0v) is 10.0. The van der Waals surface area contributed by atoms with Crippen molar-refractivity contribution in [1.82, 2.24) is 15.1 Å². The van der Waals surface area contributed by atoms with E-state index in [1.807, 2.05) is 17.9 Å². The highest BCUT2D eigenvalue weighted by atomic mass is 16.5. The summed E-state index contributed by atoms with van der Waals surface area (Å²) >= 11 is 0. The lowest BCUT2D eigenvalue weighted by Crippen LogP contribution is -2.32. The van der Waals surface area contributed by atoms with Gasteiger partial charge in [-0.1, -0.05) is 0 Å². The molecule has 86 valence electrons. The lowest BCUT2D eigenvalue weighted by Gasteiger charge is -2.13. The van der Waals surface area contributed by atoms with E-state index in [1.54, 1.807) is 7.11 Å². The summed E-state index contributed by atoms with van der Waals surface area (Å²) in [4.78, 5) is 0. The van der Waals surface area contributed by atoms with E-state index in [-0.39, 0.29) is 0 Å². The van der Waals surface area contributed by atoms with Gasteiger partial charge in [0.1, 0.15) is 0 Å². The number of methoxy groups -OCH3 is 1. The summed E-state index contributed by atoms with van der Waals surface area (Å²) < 4.78 is 7.11. The Kier molecular flexibility index (Phi) is 4.78. The van der Waals surface area contributed by atoms with Crippen molar-refractivity contribution < 1.29 is 4.74 Å². The van der Waals surface area contributed by atoms with Gasteiger partial charge in [0.2, 0.25) is 0 Å². The summed E-state index contributed by atoms with van der Waals surface area (Å²) in [5.41, 5.74) is 1.11. The predicted molar refractivity (Wildman–Crippen MR) is 61.0 cm³/mol. The lowest BCUT2D eigenvalue weighted by molar-refractivity contribution is 0.169. The van der Waals surface area contributed by atoms with Crippen LogP contribution in [0.15, 0.2) is 12.3 Å². The van der Waals surface area contributed by atoms with Crippen molar-refractivity contribution in [2.24, 2.45) is 0 Å². The Morgan fingerprint density at radius 3 is 2.73 bits per heavy atom. The van der Waals surface area contributed by atoms with Gasteiger partial charge in [0.15, 0.2) is 0 Å². The third-order valence-corrected chi connectivity index (χ3v) is 2.42. The Labute approximate surface area is 91.6 Å². The zero-order valence-electron chi connectivity index (χ0n) is 10.0. The Bertz CT molecular complexity index is 283. The number of nitrogens with zero attached hydrogens (tertiary/aromatic N) is 2. The first kappa shape index (κ1) is 12.2. The molecule has 4 nitrogen and oxygen atoms in total. The molecular weight excluding hydrogens is 190 g/mol. The third-order valence-electron chi connectivity index (χ3n) is 2.42. The minimum Gasteiger partial charge on any atom is -0.383 e. The van der Waals surface area contributed by atoms with Crippen LogP contribution in [0.25, 0.3) is 0 Å². The zero-order chi connectivity index (χ0) is 11.3. The van der Waals surface area contributed by atoms with Crippen LogP contribution >= 0.6 is 0 Å². The van der Waals surface area contributed by atoms with Crippen molar-refractivity contribution in [2.45, 2.75) is 32.4 Å². The molecule has 0 aliphatic carbocycles. The second-order valence-electron chi connectivity index (χ2n) is 4.03. The summed E-state index contributed by atoms with van der Waals surface area (Å²) in [6, 6.07) is 2.83. The number of aromatic nitrogens is 2. The van der Waals surface area contributed by atoms with Gasteiger partial charge in [0.25, 0.3) is 0 Å². The second kappa shape index (κ2) is 5.88. The molecule has 1 N–H and O–H groups in total. The topological polar surface area (TPSA) is 39.1 Å². The average Bonchev–Trinajstić information content (AvgIpc) is 2.65.